The molecule has 13 atom stereocenters. The summed E-state index contributed by atoms with van der Waals surface area (Å²) in [5, 5.41) is 54.7. The molecule has 0 aromatic heterocycles. The minimum Gasteiger partial charge on any atom is -0.481 e. The van der Waals surface area contributed by atoms with Gasteiger partial charge in [-0.1, -0.05) is 53.2 Å². The van der Waals surface area contributed by atoms with Crippen molar-refractivity contribution in [2.45, 2.75) is 105 Å². The number of hydrogen-bond acceptors (Lipinski definition) is 5. The summed E-state index contributed by atoms with van der Waals surface area (Å²) in [5.41, 5.74) is -1.41. The van der Waals surface area contributed by atoms with Gasteiger partial charge in [0.1, 0.15) is 0 Å². The van der Waals surface area contributed by atoms with Crippen LogP contribution in [-0.2, 0) is 4.79 Å². The molecule has 0 aliphatic heterocycles. The van der Waals surface area contributed by atoms with Crippen LogP contribution in [0.25, 0.3) is 0 Å². The van der Waals surface area contributed by atoms with Crippen LogP contribution in [0.5, 0.6) is 0 Å². The molecule has 0 aromatic rings. The van der Waals surface area contributed by atoms with Gasteiger partial charge in [-0.2, -0.15) is 0 Å². The molecule has 36 heavy (non-hydrogen) atoms. The molecule has 0 heterocycles. The van der Waals surface area contributed by atoms with Crippen molar-refractivity contribution < 1.29 is 30.3 Å². The first-order chi connectivity index (χ1) is 16.6. The van der Waals surface area contributed by atoms with Gasteiger partial charge < -0.3 is 25.5 Å². The Morgan fingerprint density at radius 1 is 1.00 bits per heavy atom. The van der Waals surface area contributed by atoms with Crippen LogP contribution in [0.15, 0.2) is 11.6 Å². The lowest BCUT2D eigenvalue weighted by Gasteiger charge is -2.72. The fraction of sp³-hybridized carbons (Fsp3) is 0.900. The number of carboxylic acid groups (broad SMARTS) is 1. The predicted molar refractivity (Wildman–Crippen MR) is 137 cm³/mol. The topological polar surface area (TPSA) is 118 Å². The Labute approximate surface area is 216 Å². The van der Waals surface area contributed by atoms with Gasteiger partial charge in [-0.3, -0.25) is 4.79 Å². The molecule has 5 rings (SSSR count). The highest BCUT2D eigenvalue weighted by atomic mass is 16.4. The van der Waals surface area contributed by atoms with Gasteiger partial charge in [0.25, 0.3) is 0 Å². The van der Waals surface area contributed by atoms with Crippen LogP contribution in [0.3, 0.4) is 0 Å². The second-order valence-electron chi connectivity index (χ2n) is 14.6. The zero-order valence-electron chi connectivity index (χ0n) is 23.0. The number of aliphatic carboxylic acids is 1. The van der Waals surface area contributed by atoms with E-state index in [1.165, 1.54) is 5.57 Å². The minimum atomic E-state index is -1.08. The van der Waals surface area contributed by atoms with Gasteiger partial charge in [-0.25, -0.2) is 0 Å². The Morgan fingerprint density at radius 2 is 1.67 bits per heavy atom. The SMILES string of the molecule is C[C@@H]1[C@H](C)CC[C@]2(C(=O)O)CC[C@]3(C)C(=CC[C@H]4[C@@]5(C)C[C@H](O)[C@H](O)[C@@](C)(CO)[C@@H]5[C@@H](O)C[C@@]43C)[C@H]12. The summed E-state index contributed by atoms with van der Waals surface area (Å²) in [4.78, 5) is 12.8. The minimum absolute atomic E-state index is 0.000534. The summed E-state index contributed by atoms with van der Waals surface area (Å²) in [7, 11) is 0. The van der Waals surface area contributed by atoms with E-state index in [4.69, 9.17) is 0 Å². The van der Waals surface area contributed by atoms with Crippen LogP contribution in [0.2, 0.25) is 0 Å². The van der Waals surface area contributed by atoms with Gasteiger partial charge in [-0.05, 0) is 84.9 Å². The van der Waals surface area contributed by atoms with Gasteiger partial charge in [-0.15, -0.1) is 0 Å². The van der Waals surface area contributed by atoms with E-state index < -0.39 is 40.5 Å². The van der Waals surface area contributed by atoms with Gasteiger partial charge in [0, 0.05) is 11.3 Å². The van der Waals surface area contributed by atoms with Crippen LogP contribution < -0.4 is 0 Å². The molecular weight excluding hydrogens is 456 g/mol. The van der Waals surface area contributed by atoms with E-state index >= 15 is 0 Å². The van der Waals surface area contributed by atoms with Crippen molar-refractivity contribution in [3.05, 3.63) is 11.6 Å². The van der Waals surface area contributed by atoms with Crippen molar-refractivity contribution >= 4 is 5.97 Å². The van der Waals surface area contributed by atoms with Gasteiger partial charge in [0.05, 0.1) is 30.3 Å². The number of carboxylic acids is 1. The van der Waals surface area contributed by atoms with Crippen molar-refractivity contribution in [3.8, 4) is 0 Å². The summed E-state index contributed by atoms with van der Waals surface area (Å²) in [6.45, 7) is 12.8. The van der Waals surface area contributed by atoms with Crippen molar-refractivity contribution in [2.24, 2.45) is 56.7 Å². The largest absolute Gasteiger partial charge is 0.481 e. The number of rotatable bonds is 2. The summed E-state index contributed by atoms with van der Waals surface area (Å²) < 4.78 is 0. The standard InChI is InChI=1S/C30H48O6/c1-16-9-10-30(25(35)36)12-11-28(5)18(22(30)17(16)2)7-8-21-26(3)13-20(33)24(34)27(4,15-31)23(26)19(32)14-29(21,28)6/h7,16-17,19-24,31-34H,8-15H2,1-6H3,(H,35,36)/t16-,17-,19+,20+,21+,22+,23-,24+,26-,27+,28-,29+,30+/m1/s1. The lowest BCUT2D eigenvalue weighted by Crippen LogP contribution is -2.71. The molecule has 0 spiro atoms. The highest BCUT2D eigenvalue weighted by Crippen LogP contribution is 2.75. The summed E-state index contributed by atoms with van der Waals surface area (Å²) in [6, 6.07) is 0. The zero-order valence-corrected chi connectivity index (χ0v) is 23.0. The molecule has 0 saturated heterocycles. The molecule has 4 fully saturated rings. The maximum absolute atomic E-state index is 12.8. The number of fused-ring (bicyclic) bond motifs is 7. The number of carbonyl (C=O) groups is 1. The summed E-state index contributed by atoms with van der Waals surface area (Å²) in [6.07, 6.45) is 4.44. The van der Waals surface area contributed by atoms with Gasteiger partial charge >= 0.3 is 5.97 Å². The smallest absolute Gasteiger partial charge is 0.310 e. The first-order valence-corrected chi connectivity index (χ1v) is 14.2. The average Bonchev–Trinajstić information content (AvgIpc) is 2.80. The quantitative estimate of drug-likeness (QED) is 0.363. The number of aliphatic hydroxyl groups excluding tert-OH is 4. The Balaban J connectivity index is 1.65. The van der Waals surface area contributed by atoms with Crippen molar-refractivity contribution in [2.75, 3.05) is 6.61 Å². The van der Waals surface area contributed by atoms with Crippen molar-refractivity contribution in [3.63, 3.8) is 0 Å². The number of aliphatic hydroxyl groups is 4. The molecule has 6 nitrogen and oxygen atoms in total. The van der Waals surface area contributed by atoms with E-state index in [-0.39, 0.29) is 41.1 Å². The molecule has 0 radical (unpaired) electrons. The Kier molecular flexibility index (Phi) is 5.95. The van der Waals surface area contributed by atoms with E-state index in [1.54, 1.807) is 0 Å². The third-order valence-corrected chi connectivity index (χ3v) is 13.4. The zero-order chi connectivity index (χ0) is 26.6. The molecule has 0 aromatic carbocycles. The molecule has 5 aliphatic carbocycles. The van der Waals surface area contributed by atoms with Gasteiger partial charge in [0.15, 0.2) is 0 Å². The van der Waals surface area contributed by atoms with E-state index in [2.05, 4.69) is 40.7 Å². The monoisotopic (exact) mass is 504 g/mol. The van der Waals surface area contributed by atoms with E-state index in [0.717, 1.165) is 25.7 Å². The molecule has 0 bridgehead atoms. The molecule has 0 unspecified atom stereocenters. The van der Waals surface area contributed by atoms with Crippen molar-refractivity contribution in [1.29, 1.82) is 0 Å². The van der Waals surface area contributed by atoms with Gasteiger partial charge in [0.2, 0.25) is 0 Å². The predicted octanol–water partition coefficient (Wildman–Crippen LogP) is 4.00. The normalized spacial score (nSPS) is 58.6. The van der Waals surface area contributed by atoms with E-state index in [9.17, 15) is 30.3 Å². The maximum Gasteiger partial charge on any atom is 0.310 e. The molecule has 204 valence electrons. The van der Waals surface area contributed by atoms with Crippen LogP contribution in [0, 0.1) is 56.7 Å². The molecule has 6 heteroatoms. The molecule has 5 aliphatic rings. The molecule has 0 amide bonds. The average molecular weight is 505 g/mol. The second-order valence-corrected chi connectivity index (χ2v) is 14.6. The fourth-order valence-electron chi connectivity index (χ4n) is 11.2. The Bertz CT molecular complexity index is 963. The first kappa shape index (κ1) is 26.6. The highest BCUT2D eigenvalue weighted by Gasteiger charge is 2.72. The summed E-state index contributed by atoms with van der Waals surface area (Å²) >= 11 is 0. The van der Waals surface area contributed by atoms with Crippen LogP contribution in [-0.4, -0.2) is 56.4 Å². The second kappa shape index (κ2) is 8.03. The van der Waals surface area contributed by atoms with Crippen LogP contribution in [0.4, 0.5) is 0 Å². The number of allylic oxidation sites excluding steroid dienone is 2. The third-order valence-electron chi connectivity index (χ3n) is 13.4. The lowest BCUT2D eigenvalue weighted by molar-refractivity contribution is -0.273. The Hall–Kier alpha value is -0.950. The van der Waals surface area contributed by atoms with Crippen LogP contribution in [0.1, 0.15) is 86.5 Å². The van der Waals surface area contributed by atoms with E-state index in [0.29, 0.717) is 25.2 Å². The lowest BCUT2D eigenvalue weighted by atomic mass is 9.32. The third kappa shape index (κ3) is 2.96. The summed E-state index contributed by atoms with van der Waals surface area (Å²) in [5.74, 6) is -0.0914. The molecule has 4 saturated carbocycles. The van der Waals surface area contributed by atoms with Crippen molar-refractivity contribution in [1.82, 2.24) is 0 Å². The maximum atomic E-state index is 12.8. The number of hydrogen-bond donors (Lipinski definition) is 5. The Morgan fingerprint density at radius 3 is 2.28 bits per heavy atom. The fourth-order valence-corrected chi connectivity index (χ4v) is 11.2. The highest BCUT2D eigenvalue weighted by molar-refractivity contribution is 5.76. The molecule has 5 N–H and O–H groups in total. The van der Waals surface area contributed by atoms with Crippen LogP contribution >= 0.6 is 0 Å². The first-order valence-electron chi connectivity index (χ1n) is 14.2. The molecular formula is C30H48O6. The van der Waals surface area contributed by atoms with E-state index in [1.807, 2.05) is 6.92 Å².